The number of rotatable bonds is 3. The SMILES string of the molecule is COC1CCCC(NP(=O)(O)S)O1. The lowest BCUT2D eigenvalue weighted by molar-refractivity contribution is -0.182. The highest BCUT2D eigenvalue weighted by atomic mass is 32.7. The van der Waals surface area contributed by atoms with E-state index in [0.717, 1.165) is 12.8 Å². The minimum absolute atomic E-state index is 0.286. The molecule has 3 unspecified atom stereocenters. The Hall–Kier alpha value is 0.420. The Labute approximate surface area is 82.5 Å². The average molecular weight is 227 g/mol. The molecule has 0 amide bonds. The highest BCUT2D eigenvalue weighted by Crippen LogP contribution is 2.42. The fourth-order valence-electron chi connectivity index (χ4n) is 1.25. The molecule has 0 spiro atoms. The average Bonchev–Trinajstić information content (AvgIpc) is 2.01. The topological polar surface area (TPSA) is 67.8 Å². The quantitative estimate of drug-likeness (QED) is 0.497. The maximum absolute atomic E-state index is 10.9. The molecule has 78 valence electrons. The predicted octanol–water partition coefficient (Wildman–Crippen LogP) is 1.11. The van der Waals surface area contributed by atoms with Crippen molar-refractivity contribution < 1.29 is 18.9 Å². The summed E-state index contributed by atoms with van der Waals surface area (Å²) in [5.41, 5.74) is 0. The number of thiol groups is 1. The van der Waals surface area contributed by atoms with E-state index in [9.17, 15) is 4.57 Å². The van der Waals surface area contributed by atoms with Gasteiger partial charge in [0.15, 0.2) is 6.29 Å². The van der Waals surface area contributed by atoms with Gasteiger partial charge in [0.2, 0.25) is 0 Å². The van der Waals surface area contributed by atoms with Crippen LogP contribution in [0.15, 0.2) is 0 Å². The molecule has 13 heavy (non-hydrogen) atoms. The zero-order chi connectivity index (χ0) is 9.90. The Bertz CT molecular complexity index is 209. The molecule has 1 saturated heterocycles. The zero-order valence-electron chi connectivity index (χ0n) is 7.34. The zero-order valence-corrected chi connectivity index (χ0v) is 9.13. The van der Waals surface area contributed by atoms with Gasteiger partial charge in [-0.15, -0.1) is 0 Å². The van der Waals surface area contributed by atoms with E-state index in [1.54, 1.807) is 7.11 Å². The Morgan fingerprint density at radius 1 is 1.69 bits per heavy atom. The van der Waals surface area contributed by atoms with E-state index in [1.165, 1.54) is 0 Å². The Morgan fingerprint density at radius 3 is 2.92 bits per heavy atom. The second kappa shape index (κ2) is 4.77. The van der Waals surface area contributed by atoms with Crippen molar-refractivity contribution in [1.29, 1.82) is 0 Å². The summed E-state index contributed by atoms with van der Waals surface area (Å²) >= 11 is 3.50. The maximum Gasteiger partial charge on any atom is 0.323 e. The highest BCUT2D eigenvalue weighted by molar-refractivity contribution is 8.45. The van der Waals surface area contributed by atoms with E-state index in [0.29, 0.717) is 6.42 Å². The first-order valence-electron chi connectivity index (χ1n) is 4.03. The number of hydrogen-bond donors (Lipinski definition) is 3. The molecule has 0 bridgehead atoms. The van der Waals surface area contributed by atoms with Crippen LogP contribution in [-0.2, 0) is 14.0 Å². The Balaban J connectivity index is 2.38. The van der Waals surface area contributed by atoms with Crippen LogP contribution in [0, 0.1) is 0 Å². The van der Waals surface area contributed by atoms with Crippen LogP contribution in [-0.4, -0.2) is 24.5 Å². The molecular weight excluding hydrogens is 213 g/mol. The van der Waals surface area contributed by atoms with E-state index >= 15 is 0 Å². The number of methoxy groups -OCH3 is 1. The molecule has 0 aromatic carbocycles. The highest BCUT2D eigenvalue weighted by Gasteiger charge is 2.26. The van der Waals surface area contributed by atoms with E-state index in [-0.39, 0.29) is 6.29 Å². The summed E-state index contributed by atoms with van der Waals surface area (Å²) in [6, 6.07) is 0. The summed E-state index contributed by atoms with van der Waals surface area (Å²) in [6.07, 6.45) is 1.70. The van der Waals surface area contributed by atoms with Crippen LogP contribution in [0.25, 0.3) is 0 Å². The van der Waals surface area contributed by atoms with Gasteiger partial charge in [0, 0.05) is 7.11 Å². The largest absolute Gasteiger partial charge is 0.356 e. The molecule has 1 aliphatic rings. The number of hydrogen-bond acceptors (Lipinski definition) is 3. The molecule has 2 N–H and O–H groups in total. The molecule has 5 nitrogen and oxygen atoms in total. The molecule has 1 rings (SSSR count). The minimum Gasteiger partial charge on any atom is -0.356 e. The van der Waals surface area contributed by atoms with E-state index < -0.39 is 12.9 Å². The van der Waals surface area contributed by atoms with E-state index in [4.69, 9.17) is 14.4 Å². The van der Waals surface area contributed by atoms with Crippen molar-refractivity contribution in [2.75, 3.05) is 7.11 Å². The summed E-state index contributed by atoms with van der Waals surface area (Å²) in [6.45, 7) is -3.51. The van der Waals surface area contributed by atoms with Gasteiger partial charge in [-0.2, -0.15) is 0 Å². The lowest BCUT2D eigenvalue weighted by atomic mass is 10.2. The molecule has 7 heteroatoms. The van der Waals surface area contributed by atoms with Gasteiger partial charge in [-0.3, -0.25) is 4.57 Å². The van der Waals surface area contributed by atoms with Gasteiger partial charge in [0.25, 0.3) is 0 Å². The number of ether oxygens (including phenoxy) is 2. The van der Waals surface area contributed by atoms with Crippen molar-refractivity contribution in [3.05, 3.63) is 0 Å². The molecule has 3 atom stereocenters. The molecule has 0 aromatic heterocycles. The van der Waals surface area contributed by atoms with Gasteiger partial charge in [-0.05, 0) is 19.3 Å². The second-order valence-corrected chi connectivity index (χ2v) is 5.87. The molecule has 1 aliphatic heterocycles. The Kier molecular flexibility index (Phi) is 4.22. The molecular formula is C6H14NO4PS. The lowest BCUT2D eigenvalue weighted by Gasteiger charge is -2.29. The first-order chi connectivity index (χ1) is 6.01. The van der Waals surface area contributed by atoms with Gasteiger partial charge in [0.1, 0.15) is 6.23 Å². The third-order valence-corrected chi connectivity index (χ3v) is 2.77. The summed E-state index contributed by atoms with van der Waals surface area (Å²) in [5, 5.41) is 2.40. The fourth-order valence-corrected chi connectivity index (χ4v) is 2.20. The van der Waals surface area contributed by atoms with Crippen LogP contribution in [0.1, 0.15) is 19.3 Å². The third-order valence-electron chi connectivity index (χ3n) is 1.80. The normalized spacial score (nSPS) is 34.1. The van der Waals surface area contributed by atoms with Gasteiger partial charge in [-0.25, -0.2) is 5.09 Å². The van der Waals surface area contributed by atoms with Crippen molar-refractivity contribution in [2.45, 2.75) is 31.8 Å². The van der Waals surface area contributed by atoms with Crippen LogP contribution in [0.3, 0.4) is 0 Å². The maximum atomic E-state index is 10.9. The molecule has 1 heterocycles. The van der Waals surface area contributed by atoms with Crippen LogP contribution < -0.4 is 5.09 Å². The van der Waals surface area contributed by atoms with Crippen molar-refractivity contribution >= 4 is 19.0 Å². The third kappa shape index (κ3) is 4.44. The first-order valence-corrected chi connectivity index (χ1v) is 6.84. The van der Waals surface area contributed by atoms with Crippen LogP contribution in [0.4, 0.5) is 0 Å². The molecule has 1 fully saturated rings. The number of nitrogens with one attached hydrogen (secondary N) is 1. The monoisotopic (exact) mass is 227 g/mol. The summed E-state index contributed by atoms with van der Waals surface area (Å²) in [5.74, 6) is 0. The van der Waals surface area contributed by atoms with Crippen molar-refractivity contribution in [2.24, 2.45) is 0 Å². The summed E-state index contributed by atoms with van der Waals surface area (Å²) < 4.78 is 21.1. The van der Waals surface area contributed by atoms with Crippen LogP contribution in [0.2, 0.25) is 0 Å². The first kappa shape index (κ1) is 11.5. The molecule has 0 aliphatic carbocycles. The fraction of sp³-hybridized carbons (Fsp3) is 1.00. The van der Waals surface area contributed by atoms with Gasteiger partial charge in [0.05, 0.1) is 0 Å². The minimum atomic E-state index is -3.51. The second-order valence-electron chi connectivity index (χ2n) is 2.89. The standard InChI is InChI=1S/C6H14NO4PS/c1-10-6-4-2-3-5(11-6)7-12(8,9)13/h5-6H,2-4H2,1H3,(H3,7,8,9,13). The van der Waals surface area contributed by atoms with E-state index in [1.807, 2.05) is 0 Å². The summed E-state index contributed by atoms with van der Waals surface area (Å²) in [7, 11) is 1.55. The molecule has 0 aromatic rings. The Morgan fingerprint density at radius 2 is 2.38 bits per heavy atom. The predicted molar refractivity (Wildman–Crippen MR) is 51.5 cm³/mol. The van der Waals surface area contributed by atoms with Gasteiger partial charge in [-0.1, -0.05) is 12.2 Å². The van der Waals surface area contributed by atoms with Crippen molar-refractivity contribution in [1.82, 2.24) is 5.09 Å². The van der Waals surface area contributed by atoms with Gasteiger partial charge >= 0.3 is 6.72 Å². The van der Waals surface area contributed by atoms with Crippen molar-refractivity contribution in [3.8, 4) is 0 Å². The van der Waals surface area contributed by atoms with Crippen LogP contribution in [0.5, 0.6) is 0 Å². The van der Waals surface area contributed by atoms with E-state index in [2.05, 4.69) is 17.3 Å². The van der Waals surface area contributed by atoms with Crippen LogP contribution >= 0.6 is 19.0 Å². The molecule has 0 saturated carbocycles. The lowest BCUT2D eigenvalue weighted by Crippen LogP contribution is -2.37. The molecule has 0 radical (unpaired) electrons. The van der Waals surface area contributed by atoms with Crippen molar-refractivity contribution in [3.63, 3.8) is 0 Å². The smallest absolute Gasteiger partial charge is 0.323 e. The van der Waals surface area contributed by atoms with Gasteiger partial charge < -0.3 is 14.4 Å². The summed E-state index contributed by atoms with van der Waals surface area (Å²) in [4.78, 5) is 8.92.